The summed E-state index contributed by atoms with van der Waals surface area (Å²) in [6.45, 7) is 15.2. The molecule has 0 fully saturated rings. The van der Waals surface area contributed by atoms with Crippen molar-refractivity contribution in [3.63, 3.8) is 0 Å². The molecule has 1 aromatic heterocycles. The van der Waals surface area contributed by atoms with Crippen molar-refractivity contribution in [2.24, 2.45) is 5.90 Å². The fourth-order valence-electron chi connectivity index (χ4n) is 9.27. The van der Waals surface area contributed by atoms with Crippen molar-refractivity contribution >= 4 is 60.7 Å². The van der Waals surface area contributed by atoms with E-state index in [1.54, 1.807) is 0 Å². The second-order valence-corrected chi connectivity index (χ2v) is 23.0. The molecule has 0 saturated heterocycles. The summed E-state index contributed by atoms with van der Waals surface area (Å²) < 4.78 is 106. The number of hydrogen-bond acceptors (Lipinski definition) is 18. The Morgan fingerprint density at radius 2 is 1.35 bits per heavy atom. The molecule has 2 amide bonds. The number of fused-ring (bicyclic) bond motifs is 2. The van der Waals surface area contributed by atoms with Gasteiger partial charge in [-0.25, -0.2) is 30.8 Å². The second kappa shape index (κ2) is 32.1. The molecule has 0 spiro atoms. The van der Waals surface area contributed by atoms with Gasteiger partial charge in [0, 0.05) is 102 Å². The first-order chi connectivity index (χ1) is 40.6. The van der Waals surface area contributed by atoms with Crippen LogP contribution in [0.4, 0.5) is 5.69 Å². The monoisotopic (exact) mass is 1210 g/mol. The van der Waals surface area contributed by atoms with Crippen LogP contribution in [0.5, 0.6) is 0 Å². The van der Waals surface area contributed by atoms with E-state index in [4.69, 9.17) is 38.7 Å². The standard InChI is InChI=1S/C59H74N8O14S3/c1-6-65(7-2)46-17-22-50-54(39-46)79-55-40-47(66(8-3)9-4)18-23-51(55)59(50)52-24-21-49(41-56(52)84(72,73)74)83(70,71)63-29-31-76-33-35-78-37-36-77-34-32-75-30-26-58(69)62-28-27-61-57(68)25-14-44-38-53(43-12-10-42(5)11-13-43)67(64-44)45-15-19-48(20-16-45)82-81-80-60/h10-13,15-24,38-41,63H,6-9,14,25-37,60H2,1-5H3,(H2-,61,62,68,69,72,73,74). The average Bonchev–Trinajstić information content (AvgIpc) is 3.87. The molecule has 0 radical (unpaired) electrons. The minimum absolute atomic E-state index is 0.0135. The van der Waals surface area contributed by atoms with Gasteiger partial charge in [-0.1, -0.05) is 35.9 Å². The molecule has 0 bridgehead atoms. The number of carbonyl (C=O) groups excluding carboxylic acids is 2. The van der Waals surface area contributed by atoms with Crippen LogP contribution in [-0.4, -0.2) is 142 Å². The number of hydrogen-bond donors (Lipinski definition) is 4. The van der Waals surface area contributed by atoms with Crippen LogP contribution in [0, 0.1) is 6.92 Å². The zero-order chi connectivity index (χ0) is 60.1. The van der Waals surface area contributed by atoms with Crippen molar-refractivity contribution in [3.8, 4) is 39.4 Å². The lowest BCUT2D eigenvalue weighted by Crippen LogP contribution is -2.35. The highest BCUT2D eigenvalue weighted by Crippen LogP contribution is 2.43. The Kier molecular flexibility index (Phi) is 24.8. The topological polar surface area (TPSA) is 280 Å². The minimum Gasteiger partial charge on any atom is -0.744 e. The first kappa shape index (κ1) is 65.0. The molecule has 5 aromatic rings. The Labute approximate surface area is 494 Å². The third kappa shape index (κ3) is 18.2. The van der Waals surface area contributed by atoms with Gasteiger partial charge in [-0.2, -0.15) is 11.0 Å². The normalized spacial score (nSPS) is 11.8. The molecule has 4 aromatic carbocycles. The number of nitrogens with one attached hydrogen (secondary N) is 3. The van der Waals surface area contributed by atoms with E-state index < -0.39 is 29.9 Å². The SMILES string of the molecule is CCN(CC)c1ccc2c(-c3ccc(S(=O)(=O)NCCOCCOCCOCCOCCC(=O)NCCNC(=O)CCc4cc(-c5ccc(C)cc5)n(-c5ccc(SOON)cc5)n4)cc3S(=O)(=O)[O-])c3ccc(=[N+](CC)CC)cc-3oc2c1. The number of nitrogens with zero attached hydrogens (tertiary/aromatic N) is 4. The van der Waals surface area contributed by atoms with Gasteiger partial charge in [-0.15, -0.1) is 9.32 Å². The largest absolute Gasteiger partial charge is 0.744 e. The number of carbonyl (C=O) groups is 2. The van der Waals surface area contributed by atoms with E-state index in [9.17, 15) is 31.0 Å². The Balaban J connectivity index is 0.761. The smallest absolute Gasteiger partial charge is 0.240 e. The maximum atomic E-state index is 13.5. The molecule has 2 heterocycles. The molecule has 0 saturated carbocycles. The molecule has 7 rings (SSSR count). The van der Waals surface area contributed by atoms with Crippen molar-refractivity contribution in [1.29, 1.82) is 0 Å². The summed E-state index contributed by atoms with van der Waals surface area (Å²) in [5.74, 6) is 5.05. The van der Waals surface area contributed by atoms with Crippen LogP contribution < -0.4 is 36.1 Å². The Morgan fingerprint density at radius 3 is 1.98 bits per heavy atom. The number of ether oxygens (including phenoxy) is 4. The maximum Gasteiger partial charge on any atom is 0.240 e. The summed E-state index contributed by atoms with van der Waals surface area (Å²) in [5.41, 5.74) is 6.96. The van der Waals surface area contributed by atoms with Gasteiger partial charge in [-0.05, 0) is 95.3 Å². The summed E-state index contributed by atoms with van der Waals surface area (Å²) in [7, 11) is -9.49. The van der Waals surface area contributed by atoms with Gasteiger partial charge in [0.25, 0.3) is 0 Å². The van der Waals surface area contributed by atoms with Gasteiger partial charge in [0.1, 0.15) is 34.6 Å². The Morgan fingerprint density at radius 1 is 0.714 bits per heavy atom. The molecule has 25 heteroatoms. The first-order valence-electron chi connectivity index (χ1n) is 27.8. The quantitative estimate of drug-likeness (QED) is 0.00640. The van der Waals surface area contributed by atoms with E-state index in [-0.39, 0.29) is 103 Å². The number of amides is 2. The summed E-state index contributed by atoms with van der Waals surface area (Å²) in [5, 5.41) is 11.9. The van der Waals surface area contributed by atoms with Crippen LogP contribution in [0.2, 0.25) is 0 Å². The molecule has 5 N–H and O–H groups in total. The fourth-order valence-corrected chi connectivity index (χ4v) is 11.5. The highest BCUT2D eigenvalue weighted by Gasteiger charge is 2.26. The van der Waals surface area contributed by atoms with Gasteiger partial charge in [-0.3, -0.25) is 9.59 Å². The van der Waals surface area contributed by atoms with Crippen LogP contribution in [0.3, 0.4) is 0 Å². The summed E-state index contributed by atoms with van der Waals surface area (Å²) in [4.78, 5) is 31.1. The van der Waals surface area contributed by atoms with Crippen LogP contribution in [0.1, 0.15) is 51.8 Å². The van der Waals surface area contributed by atoms with Crippen LogP contribution >= 0.6 is 12.0 Å². The van der Waals surface area contributed by atoms with Gasteiger partial charge in [0.05, 0.1) is 97.8 Å². The Bertz CT molecular complexity index is 3550. The van der Waals surface area contributed by atoms with E-state index in [1.165, 1.54) is 12.1 Å². The highest BCUT2D eigenvalue weighted by atomic mass is 32.2. The van der Waals surface area contributed by atoms with Crippen molar-refractivity contribution in [3.05, 3.63) is 126 Å². The summed E-state index contributed by atoms with van der Waals surface area (Å²) in [6.07, 6.45) is 0.764. The number of anilines is 1. The van der Waals surface area contributed by atoms with Gasteiger partial charge in [0.15, 0.2) is 0 Å². The third-order valence-electron chi connectivity index (χ3n) is 13.6. The molecular weight excluding hydrogens is 1140 g/mol. The maximum absolute atomic E-state index is 13.5. The molecule has 1 aliphatic heterocycles. The summed E-state index contributed by atoms with van der Waals surface area (Å²) >= 11 is 0.982. The zero-order valence-corrected chi connectivity index (χ0v) is 50.4. The van der Waals surface area contributed by atoms with Crippen LogP contribution in [-0.2, 0) is 64.4 Å². The molecule has 1 aliphatic carbocycles. The number of nitrogens with two attached hydrogens (primary N) is 1. The lowest BCUT2D eigenvalue weighted by molar-refractivity contribution is -0.195. The number of aryl methyl sites for hydroxylation is 2. The van der Waals surface area contributed by atoms with Crippen LogP contribution in [0.25, 0.3) is 50.4 Å². The zero-order valence-electron chi connectivity index (χ0n) is 47.9. The summed E-state index contributed by atoms with van der Waals surface area (Å²) in [6, 6.07) is 32.4. The van der Waals surface area contributed by atoms with E-state index in [0.29, 0.717) is 34.3 Å². The van der Waals surface area contributed by atoms with Gasteiger partial charge in [0.2, 0.25) is 27.2 Å². The molecule has 0 atom stereocenters. The van der Waals surface area contributed by atoms with E-state index in [2.05, 4.69) is 29.8 Å². The molecule has 22 nitrogen and oxygen atoms in total. The number of benzene rings is 5. The highest BCUT2D eigenvalue weighted by molar-refractivity contribution is 7.94. The number of rotatable bonds is 35. The van der Waals surface area contributed by atoms with Crippen molar-refractivity contribution in [1.82, 2.24) is 29.7 Å². The van der Waals surface area contributed by atoms with E-state index >= 15 is 0 Å². The first-order valence-corrected chi connectivity index (χ1v) is 31.4. The third-order valence-corrected chi connectivity index (χ3v) is 16.6. The second-order valence-electron chi connectivity index (χ2n) is 19.1. The molecule has 2 aliphatic rings. The van der Waals surface area contributed by atoms with Crippen molar-refractivity contribution in [2.45, 2.75) is 68.6 Å². The molecule has 0 unspecified atom stereocenters. The van der Waals surface area contributed by atoms with Crippen LogP contribution in [0.15, 0.2) is 128 Å². The fraction of sp³-hybridized carbons (Fsp3) is 0.390. The predicted octanol–water partition coefficient (Wildman–Crippen LogP) is 6.36. The minimum atomic E-state index is -5.21. The van der Waals surface area contributed by atoms with Gasteiger partial charge >= 0.3 is 0 Å². The molecule has 452 valence electrons. The lowest BCUT2D eigenvalue weighted by atomic mass is 9.93. The van der Waals surface area contributed by atoms with E-state index in [0.717, 1.165) is 88.4 Å². The average molecular weight is 1220 g/mol. The molecular formula is C59H74N8O14S3. The van der Waals surface area contributed by atoms with Crippen molar-refractivity contribution in [2.75, 3.05) is 104 Å². The van der Waals surface area contributed by atoms with E-state index in [1.807, 2.05) is 130 Å². The predicted molar refractivity (Wildman–Crippen MR) is 320 cm³/mol. The Hall–Kier alpha value is -6.59. The molecule has 84 heavy (non-hydrogen) atoms. The van der Waals surface area contributed by atoms with Gasteiger partial charge < -0.3 is 43.5 Å². The number of aromatic nitrogens is 2. The lowest BCUT2D eigenvalue weighted by Gasteiger charge is -2.23. The number of sulfonamides is 1. The van der Waals surface area contributed by atoms with Crippen molar-refractivity contribution < 1.29 is 63.7 Å².